The summed E-state index contributed by atoms with van der Waals surface area (Å²) < 4.78 is 49.9. The number of benzene rings is 1. The molecule has 0 aliphatic rings. The van der Waals surface area contributed by atoms with Crippen molar-refractivity contribution in [3.8, 4) is 0 Å². The molecule has 0 heterocycles. The average molecular weight is 509 g/mol. The third-order valence-corrected chi connectivity index (χ3v) is 5.73. The Bertz CT molecular complexity index is 826. The molecule has 1 rings (SSSR count). The zero-order valence-electron chi connectivity index (χ0n) is 19.5. The Balaban J connectivity index is 2.77. The smallest absolute Gasteiger partial charge is 0.460 e. The number of carbonyl (C=O) groups excluding carboxylic acids is 2. The summed E-state index contributed by atoms with van der Waals surface area (Å²) in [5.41, 5.74) is -0.237. The predicted octanol–water partition coefficient (Wildman–Crippen LogP) is 3.68. The average Bonchev–Trinajstić information content (AvgIpc) is 2.74. The summed E-state index contributed by atoms with van der Waals surface area (Å²) in [7, 11) is -3.81. The second-order valence-electron chi connectivity index (χ2n) is 8.16. The standard InChI is InChI=1S/C22H33ClO9S/c1-17(2)32-21(25)29-13-12-28-20(24)19(30-15-18-9-6-5-7-10-18)22(3,4)16-31-33(26,27)14-8-11-23/h5-7,9-10,17,19H,8,11-16H2,1-4H3/t19-/m0/s1. The van der Waals surface area contributed by atoms with Gasteiger partial charge in [0.2, 0.25) is 0 Å². The minimum absolute atomic E-state index is 0.0975. The van der Waals surface area contributed by atoms with E-state index in [0.29, 0.717) is 0 Å². The van der Waals surface area contributed by atoms with Gasteiger partial charge in [0.05, 0.1) is 25.1 Å². The maximum Gasteiger partial charge on any atom is 0.508 e. The number of rotatable bonds is 15. The van der Waals surface area contributed by atoms with Crippen LogP contribution in [0.15, 0.2) is 30.3 Å². The van der Waals surface area contributed by atoms with Crippen LogP contribution in [0.3, 0.4) is 0 Å². The maximum atomic E-state index is 12.8. The third kappa shape index (κ3) is 12.2. The molecule has 0 amide bonds. The second kappa shape index (κ2) is 14.4. The summed E-state index contributed by atoms with van der Waals surface area (Å²) in [6.45, 7) is 6.00. The van der Waals surface area contributed by atoms with Gasteiger partial charge in [-0.1, -0.05) is 44.2 Å². The van der Waals surface area contributed by atoms with Crippen LogP contribution in [0.25, 0.3) is 0 Å². The number of hydrogen-bond acceptors (Lipinski definition) is 9. The molecule has 0 fully saturated rings. The van der Waals surface area contributed by atoms with Gasteiger partial charge in [0.1, 0.15) is 13.2 Å². The van der Waals surface area contributed by atoms with Crippen molar-refractivity contribution in [2.75, 3.05) is 31.5 Å². The van der Waals surface area contributed by atoms with Gasteiger partial charge in [-0.05, 0) is 25.8 Å². The van der Waals surface area contributed by atoms with Gasteiger partial charge in [0.15, 0.2) is 6.10 Å². The summed E-state index contributed by atoms with van der Waals surface area (Å²) >= 11 is 5.55. The van der Waals surface area contributed by atoms with Crippen LogP contribution < -0.4 is 0 Å². The molecule has 0 N–H and O–H groups in total. The first-order valence-electron chi connectivity index (χ1n) is 10.6. The SMILES string of the molecule is CC(C)OC(=O)OCCOC(=O)[C@H](OCc1ccccc1)C(C)(C)COS(=O)(=O)CCCCl. The molecule has 1 atom stereocenters. The van der Waals surface area contributed by atoms with E-state index < -0.39 is 33.8 Å². The van der Waals surface area contributed by atoms with Crippen molar-refractivity contribution in [1.29, 1.82) is 0 Å². The molecular weight excluding hydrogens is 476 g/mol. The van der Waals surface area contributed by atoms with Crippen molar-refractivity contribution in [3.05, 3.63) is 35.9 Å². The molecule has 0 spiro atoms. The quantitative estimate of drug-likeness (QED) is 0.151. The highest BCUT2D eigenvalue weighted by Gasteiger charge is 2.39. The maximum absolute atomic E-state index is 12.8. The molecule has 0 unspecified atom stereocenters. The number of halogens is 1. The number of hydrogen-bond donors (Lipinski definition) is 0. The molecule has 0 aliphatic carbocycles. The molecule has 1 aromatic carbocycles. The fraction of sp³-hybridized carbons (Fsp3) is 0.636. The van der Waals surface area contributed by atoms with Crippen molar-refractivity contribution >= 4 is 33.8 Å². The molecule has 188 valence electrons. The molecule has 0 saturated heterocycles. The molecule has 0 aromatic heterocycles. The normalized spacial score (nSPS) is 12.9. The van der Waals surface area contributed by atoms with Gasteiger partial charge in [0.25, 0.3) is 10.1 Å². The van der Waals surface area contributed by atoms with E-state index in [4.69, 9.17) is 34.7 Å². The van der Waals surface area contributed by atoms with Crippen molar-refractivity contribution in [2.24, 2.45) is 5.41 Å². The lowest BCUT2D eigenvalue weighted by Crippen LogP contribution is -2.44. The molecule has 0 saturated carbocycles. The molecule has 0 aliphatic heterocycles. The minimum atomic E-state index is -3.81. The highest BCUT2D eigenvalue weighted by atomic mass is 35.5. The van der Waals surface area contributed by atoms with Crippen LogP contribution >= 0.6 is 11.6 Å². The number of carbonyl (C=O) groups is 2. The van der Waals surface area contributed by atoms with Crippen molar-refractivity contribution in [2.45, 2.75) is 52.9 Å². The number of ether oxygens (including phenoxy) is 4. The van der Waals surface area contributed by atoms with E-state index in [0.717, 1.165) is 5.56 Å². The summed E-state index contributed by atoms with van der Waals surface area (Å²) in [5.74, 6) is -0.775. The Morgan fingerprint density at radius 1 is 1.06 bits per heavy atom. The zero-order chi connectivity index (χ0) is 24.9. The van der Waals surface area contributed by atoms with Crippen LogP contribution in [0.2, 0.25) is 0 Å². The Kier molecular flexibility index (Phi) is 12.7. The largest absolute Gasteiger partial charge is 0.508 e. The van der Waals surface area contributed by atoms with Crippen LogP contribution in [0.1, 0.15) is 39.7 Å². The molecular formula is C22H33ClO9S. The molecule has 1 aromatic rings. The first-order valence-corrected chi connectivity index (χ1v) is 12.7. The van der Waals surface area contributed by atoms with Crippen molar-refractivity contribution in [3.63, 3.8) is 0 Å². The fourth-order valence-electron chi connectivity index (χ4n) is 2.54. The Morgan fingerprint density at radius 2 is 1.70 bits per heavy atom. The third-order valence-electron chi connectivity index (χ3n) is 4.20. The van der Waals surface area contributed by atoms with Gasteiger partial charge in [-0.15, -0.1) is 11.6 Å². The first-order chi connectivity index (χ1) is 15.5. The Labute approximate surface area is 200 Å². The van der Waals surface area contributed by atoms with Gasteiger partial charge in [-0.2, -0.15) is 8.42 Å². The van der Waals surface area contributed by atoms with E-state index in [1.807, 2.05) is 30.3 Å². The van der Waals surface area contributed by atoms with Gasteiger partial charge < -0.3 is 18.9 Å². The minimum Gasteiger partial charge on any atom is -0.460 e. The van der Waals surface area contributed by atoms with Crippen LogP contribution in [0, 0.1) is 5.41 Å². The van der Waals surface area contributed by atoms with Crippen LogP contribution in [0.4, 0.5) is 4.79 Å². The summed E-state index contributed by atoms with van der Waals surface area (Å²) in [6.07, 6.45) is -2.10. The monoisotopic (exact) mass is 508 g/mol. The summed E-state index contributed by atoms with van der Waals surface area (Å²) in [4.78, 5) is 24.2. The van der Waals surface area contributed by atoms with E-state index in [9.17, 15) is 18.0 Å². The molecule has 9 nitrogen and oxygen atoms in total. The van der Waals surface area contributed by atoms with Gasteiger partial charge >= 0.3 is 12.1 Å². The van der Waals surface area contributed by atoms with E-state index in [1.165, 1.54) is 0 Å². The topological polar surface area (TPSA) is 114 Å². The van der Waals surface area contributed by atoms with E-state index in [-0.39, 0.29) is 50.6 Å². The number of alkyl halides is 1. The van der Waals surface area contributed by atoms with Crippen LogP contribution in [0.5, 0.6) is 0 Å². The zero-order valence-corrected chi connectivity index (χ0v) is 21.0. The molecule has 0 radical (unpaired) electrons. The predicted molar refractivity (Wildman–Crippen MR) is 122 cm³/mol. The first kappa shape index (κ1) is 29.2. The van der Waals surface area contributed by atoms with Crippen molar-refractivity contribution < 1.29 is 41.1 Å². The van der Waals surface area contributed by atoms with Crippen molar-refractivity contribution in [1.82, 2.24) is 0 Å². The molecule has 33 heavy (non-hydrogen) atoms. The Hall–Kier alpha value is -1.88. The summed E-state index contributed by atoms with van der Waals surface area (Å²) in [5, 5.41) is 0. The lowest BCUT2D eigenvalue weighted by molar-refractivity contribution is -0.170. The lowest BCUT2D eigenvalue weighted by Gasteiger charge is -2.32. The van der Waals surface area contributed by atoms with E-state index in [1.54, 1.807) is 27.7 Å². The lowest BCUT2D eigenvalue weighted by atomic mass is 9.87. The highest BCUT2D eigenvalue weighted by Crippen LogP contribution is 2.27. The van der Waals surface area contributed by atoms with Crippen LogP contribution in [-0.2, 0) is 44.7 Å². The van der Waals surface area contributed by atoms with E-state index in [2.05, 4.69) is 0 Å². The Morgan fingerprint density at radius 3 is 2.30 bits per heavy atom. The van der Waals surface area contributed by atoms with Gasteiger partial charge in [-0.25, -0.2) is 9.59 Å². The fourth-order valence-corrected chi connectivity index (χ4v) is 3.93. The van der Waals surface area contributed by atoms with Gasteiger partial charge in [0, 0.05) is 11.3 Å². The highest BCUT2D eigenvalue weighted by molar-refractivity contribution is 7.86. The summed E-state index contributed by atoms with van der Waals surface area (Å²) in [6, 6.07) is 9.17. The van der Waals surface area contributed by atoms with E-state index >= 15 is 0 Å². The van der Waals surface area contributed by atoms with Gasteiger partial charge in [-0.3, -0.25) is 4.18 Å². The number of esters is 1. The second-order valence-corrected chi connectivity index (χ2v) is 10.3. The molecule has 0 bridgehead atoms. The molecule has 11 heteroatoms. The van der Waals surface area contributed by atoms with Crippen LogP contribution in [-0.4, -0.2) is 64.2 Å².